The Labute approximate surface area is 201 Å². The molecule has 1 saturated heterocycles. The number of alkyl halides is 2. The predicted octanol–water partition coefficient (Wildman–Crippen LogP) is 5.16. The minimum absolute atomic E-state index is 0.121. The number of rotatable bonds is 5. The molecule has 3 aromatic rings. The molecule has 0 amide bonds. The lowest BCUT2D eigenvalue weighted by atomic mass is 9.93. The van der Waals surface area contributed by atoms with E-state index in [4.69, 9.17) is 4.98 Å². The molecule has 1 aliphatic heterocycles. The molecule has 2 unspecified atom stereocenters. The SMILES string of the molecule is Cc1cc([C@@H](C)Nc2ccccc2C(=O)O)c2nc(N3CC4CCC(C3)C4(F)F)c(C#N)nc2c1. The molecular formula is C26H25F2N5O2. The van der Waals surface area contributed by atoms with Crippen molar-refractivity contribution in [2.45, 2.75) is 38.7 Å². The van der Waals surface area contributed by atoms with Crippen molar-refractivity contribution >= 4 is 28.5 Å². The largest absolute Gasteiger partial charge is 0.478 e. The number of piperidine rings is 1. The average molecular weight is 478 g/mol. The molecule has 0 radical (unpaired) electrons. The number of aromatic carboxylic acids is 1. The van der Waals surface area contributed by atoms with Gasteiger partial charge in [0.15, 0.2) is 11.5 Å². The Hall–Kier alpha value is -3.80. The third-order valence-electron chi connectivity index (χ3n) is 7.16. The highest BCUT2D eigenvalue weighted by Crippen LogP contribution is 2.49. The van der Waals surface area contributed by atoms with Crippen molar-refractivity contribution in [3.8, 4) is 6.07 Å². The summed E-state index contributed by atoms with van der Waals surface area (Å²) in [6, 6.07) is 12.2. The average Bonchev–Trinajstić information content (AvgIpc) is 2.99. The highest BCUT2D eigenvalue weighted by atomic mass is 19.3. The summed E-state index contributed by atoms with van der Waals surface area (Å²) in [6.45, 7) is 4.08. The second-order valence-electron chi connectivity index (χ2n) is 9.50. The number of aryl methyl sites for hydroxylation is 1. The number of halogens is 2. The Bertz CT molecular complexity index is 1350. The standard InChI is InChI=1S/C26H25F2N5O2/c1-14-9-19(15(2)30-20-6-4-3-5-18(20)25(34)35)23-21(10-14)31-22(11-29)24(32-23)33-12-16-7-8-17(13-33)26(16,27)28/h3-6,9-10,15-17,30H,7-8,12-13H2,1-2H3,(H,34,35)/t15-,16?,17?/m1/s1. The molecule has 1 saturated carbocycles. The van der Waals surface area contributed by atoms with E-state index in [9.17, 15) is 23.9 Å². The maximum Gasteiger partial charge on any atom is 0.337 e. The van der Waals surface area contributed by atoms with Gasteiger partial charge in [-0.3, -0.25) is 0 Å². The molecule has 2 N–H and O–H groups in total. The molecule has 9 heteroatoms. The molecule has 1 aliphatic carbocycles. The number of anilines is 2. The molecule has 35 heavy (non-hydrogen) atoms. The first-order valence-corrected chi connectivity index (χ1v) is 11.6. The highest BCUT2D eigenvalue weighted by Gasteiger charge is 2.56. The lowest BCUT2D eigenvalue weighted by molar-refractivity contribution is -0.0830. The summed E-state index contributed by atoms with van der Waals surface area (Å²) >= 11 is 0. The van der Waals surface area contributed by atoms with Gasteiger partial charge in [0.2, 0.25) is 0 Å². The summed E-state index contributed by atoms with van der Waals surface area (Å²) in [5.41, 5.74) is 3.53. The van der Waals surface area contributed by atoms with Crippen LogP contribution in [0.3, 0.4) is 0 Å². The molecule has 2 fully saturated rings. The molecule has 7 nitrogen and oxygen atoms in total. The first-order valence-electron chi connectivity index (χ1n) is 11.6. The number of benzene rings is 2. The van der Waals surface area contributed by atoms with Crippen LogP contribution in [-0.4, -0.2) is 40.1 Å². The summed E-state index contributed by atoms with van der Waals surface area (Å²) < 4.78 is 29.0. The first kappa shape index (κ1) is 23.0. The fraction of sp³-hybridized carbons (Fsp3) is 0.385. The highest BCUT2D eigenvalue weighted by molar-refractivity contribution is 5.94. The van der Waals surface area contributed by atoms with E-state index < -0.39 is 23.7 Å². The zero-order chi connectivity index (χ0) is 24.9. The first-order chi connectivity index (χ1) is 16.7. The van der Waals surface area contributed by atoms with Crippen molar-refractivity contribution in [1.82, 2.24) is 9.97 Å². The van der Waals surface area contributed by atoms with Crippen LogP contribution in [0, 0.1) is 30.1 Å². The Balaban J connectivity index is 1.57. The van der Waals surface area contributed by atoms with Crippen LogP contribution in [0.5, 0.6) is 0 Å². The predicted molar refractivity (Wildman–Crippen MR) is 128 cm³/mol. The second kappa shape index (κ2) is 8.45. The van der Waals surface area contributed by atoms with Crippen LogP contribution in [-0.2, 0) is 0 Å². The van der Waals surface area contributed by atoms with Crippen LogP contribution >= 0.6 is 0 Å². The Morgan fingerprint density at radius 2 is 1.91 bits per heavy atom. The molecule has 2 aromatic carbocycles. The van der Waals surface area contributed by atoms with Gasteiger partial charge < -0.3 is 15.3 Å². The molecule has 2 aliphatic rings. The van der Waals surface area contributed by atoms with Crippen molar-refractivity contribution in [2.75, 3.05) is 23.3 Å². The molecule has 2 bridgehead atoms. The quantitative estimate of drug-likeness (QED) is 0.523. The molecule has 0 spiro atoms. The second-order valence-corrected chi connectivity index (χ2v) is 9.50. The Kier molecular flexibility index (Phi) is 5.55. The zero-order valence-corrected chi connectivity index (χ0v) is 19.4. The maximum absolute atomic E-state index is 14.5. The summed E-state index contributed by atoms with van der Waals surface area (Å²) in [5, 5.41) is 22.6. The number of para-hydroxylation sites is 1. The summed E-state index contributed by atoms with van der Waals surface area (Å²) in [4.78, 5) is 22.8. The topological polar surface area (TPSA) is 102 Å². The van der Waals surface area contributed by atoms with Crippen LogP contribution in [0.15, 0.2) is 36.4 Å². The molecular weight excluding hydrogens is 452 g/mol. The van der Waals surface area contributed by atoms with Gasteiger partial charge in [0.1, 0.15) is 6.07 Å². The lowest BCUT2D eigenvalue weighted by Gasteiger charge is -2.38. The van der Waals surface area contributed by atoms with Crippen molar-refractivity contribution < 1.29 is 18.7 Å². The van der Waals surface area contributed by atoms with Gasteiger partial charge in [-0.15, -0.1) is 0 Å². The van der Waals surface area contributed by atoms with Gasteiger partial charge in [-0.1, -0.05) is 18.2 Å². The molecule has 1 aromatic heterocycles. The van der Waals surface area contributed by atoms with E-state index in [0.29, 0.717) is 35.4 Å². The van der Waals surface area contributed by atoms with Gasteiger partial charge >= 0.3 is 5.97 Å². The normalized spacial score (nSPS) is 21.5. The van der Waals surface area contributed by atoms with Gasteiger partial charge in [0.25, 0.3) is 5.92 Å². The van der Waals surface area contributed by atoms with Crippen LogP contribution in [0.2, 0.25) is 0 Å². The number of carboxylic acid groups (broad SMARTS) is 1. The number of carboxylic acids is 1. The maximum atomic E-state index is 14.5. The van der Waals surface area contributed by atoms with Crippen LogP contribution in [0.4, 0.5) is 20.3 Å². The number of fused-ring (bicyclic) bond motifs is 3. The molecule has 5 rings (SSSR count). The fourth-order valence-electron chi connectivity index (χ4n) is 5.38. The fourth-order valence-corrected chi connectivity index (χ4v) is 5.38. The van der Waals surface area contributed by atoms with Crippen molar-refractivity contribution in [1.29, 1.82) is 5.26 Å². The van der Waals surface area contributed by atoms with E-state index >= 15 is 0 Å². The number of nitriles is 1. The van der Waals surface area contributed by atoms with Crippen molar-refractivity contribution in [3.63, 3.8) is 0 Å². The zero-order valence-electron chi connectivity index (χ0n) is 19.4. The monoisotopic (exact) mass is 477 g/mol. The van der Waals surface area contributed by atoms with E-state index in [-0.39, 0.29) is 30.4 Å². The molecule has 180 valence electrons. The Morgan fingerprint density at radius 3 is 2.57 bits per heavy atom. The third kappa shape index (κ3) is 3.93. The van der Waals surface area contributed by atoms with Gasteiger partial charge in [-0.05, 0) is 50.5 Å². The van der Waals surface area contributed by atoms with Gasteiger partial charge in [0.05, 0.1) is 22.6 Å². The number of nitrogens with one attached hydrogen (secondary N) is 1. The van der Waals surface area contributed by atoms with Gasteiger partial charge in [-0.2, -0.15) is 5.26 Å². The van der Waals surface area contributed by atoms with Crippen LogP contribution in [0.1, 0.15) is 53.0 Å². The van der Waals surface area contributed by atoms with E-state index in [2.05, 4.69) is 16.4 Å². The minimum atomic E-state index is -2.69. The number of hydrogen-bond acceptors (Lipinski definition) is 6. The van der Waals surface area contributed by atoms with Crippen LogP contribution < -0.4 is 10.2 Å². The molecule has 3 atom stereocenters. The van der Waals surface area contributed by atoms with Crippen molar-refractivity contribution in [2.24, 2.45) is 11.8 Å². The number of nitrogens with zero attached hydrogens (tertiary/aromatic N) is 4. The number of carbonyl (C=O) groups is 1. The van der Waals surface area contributed by atoms with Gasteiger partial charge in [-0.25, -0.2) is 23.5 Å². The van der Waals surface area contributed by atoms with E-state index in [1.165, 1.54) is 6.07 Å². The molecule has 2 heterocycles. The van der Waals surface area contributed by atoms with E-state index in [1.807, 2.05) is 26.0 Å². The van der Waals surface area contributed by atoms with E-state index in [1.54, 1.807) is 23.1 Å². The number of aromatic nitrogens is 2. The Morgan fingerprint density at radius 1 is 1.23 bits per heavy atom. The van der Waals surface area contributed by atoms with Gasteiger partial charge in [0, 0.05) is 36.2 Å². The third-order valence-corrected chi connectivity index (χ3v) is 7.16. The summed E-state index contributed by atoms with van der Waals surface area (Å²) in [6.07, 6.45) is 0.927. The lowest BCUT2D eigenvalue weighted by Crippen LogP contribution is -2.49. The van der Waals surface area contributed by atoms with Crippen molar-refractivity contribution in [3.05, 3.63) is 58.8 Å². The summed E-state index contributed by atoms with van der Waals surface area (Å²) in [7, 11) is 0. The smallest absolute Gasteiger partial charge is 0.337 e. The summed E-state index contributed by atoms with van der Waals surface area (Å²) in [5.74, 6) is -4.90. The van der Waals surface area contributed by atoms with Crippen LogP contribution in [0.25, 0.3) is 11.0 Å². The van der Waals surface area contributed by atoms with E-state index in [0.717, 1.165) is 11.1 Å². The minimum Gasteiger partial charge on any atom is -0.478 e. The number of hydrogen-bond donors (Lipinski definition) is 2.